The second kappa shape index (κ2) is 5.15. The van der Waals surface area contributed by atoms with Gasteiger partial charge in [0, 0.05) is 32.2 Å². The summed E-state index contributed by atoms with van der Waals surface area (Å²) in [6, 6.07) is 0.347. The van der Waals surface area contributed by atoms with Gasteiger partial charge in [0.1, 0.15) is 0 Å². The van der Waals surface area contributed by atoms with Gasteiger partial charge < -0.3 is 15.7 Å². The Kier molecular flexibility index (Phi) is 3.94. The summed E-state index contributed by atoms with van der Waals surface area (Å²) in [7, 11) is 0. The van der Waals surface area contributed by atoms with Crippen molar-refractivity contribution in [3.63, 3.8) is 0 Å². The van der Waals surface area contributed by atoms with Gasteiger partial charge >= 0.3 is 0 Å². The van der Waals surface area contributed by atoms with E-state index in [4.69, 9.17) is 5.73 Å². The van der Waals surface area contributed by atoms with Crippen molar-refractivity contribution in [2.45, 2.75) is 50.8 Å². The minimum Gasteiger partial charge on any atom is -0.392 e. The average molecular weight is 255 g/mol. The Labute approximate surface area is 109 Å². The summed E-state index contributed by atoms with van der Waals surface area (Å²) in [6.45, 7) is 6.95. The third kappa shape index (κ3) is 2.84. The molecule has 1 amide bonds. The standard InChI is InChI=1S/C13H25N3O2/c1-3-11-9-16(12(18)13(14)4-5-13)7-6-15(11)8-10(2)17/h10-11,17H,3-9,14H2,1-2H3. The number of hydrogen-bond acceptors (Lipinski definition) is 4. The molecule has 104 valence electrons. The number of carbonyl (C=O) groups is 1. The van der Waals surface area contributed by atoms with Crippen molar-refractivity contribution in [1.29, 1.82) is 0 Å². The summed E-state index contributed by atoms with van der Waals surface area (Å²) in [5, 5.41) is 9.49. The minimum absolute atomic E-state index is 0.123. The van der Waals surface area contributed by atoms with Gasteiger partial charge in [-0.25, -0.2) is 0 Å². The zero-order valence-corrected chi connectivity index (χ0v) is 11.4. The summed E-state index contributed by atoms with van der Waals surface area (Å²) in [6.07, 6.45) is 2.34. The van der Waals surface area contributed by atoms with Gasteiger partial charge in [-0.2, -0.15) is 0 Å². The molecular weight excluding hydrogens is 230 g/mol. The highest BCUT2D eigenvalue weighted by atomic mass is 16.3. The second-order valence-corrected chi connectivity index (χ2v) is 5.81. The SMILES string of the molecule is CCC1CN(C(=O)C2(N)CC2)CCN1CC(C)O. The van der Waals surface area contributed by atoms with E-state index < -0.39 is 5.54 Å². The van der Waals surface area contributed by atoms with Gasteiger partial charge in [-0.15, -0.1) is 0 Å². The molecule has 1 aliphatic carbocycles. The molecule has 2 rings (SSSR count). The van der Waals surface area contributed by atoms with Gasteiger partial charge in [0.2, 0.25) is 5.91 Å². The van der Waals surface area contributed by atoms with E-state index in [0.29, 0.717) is 12.6 Å². The Morgan fingerprint density at radius 3 is 2.67 bits per heavy atom. The van der Waals surface area contributed by atoms with Crippen molar-refractivity contribution in [2.75, 3.05) is 26.2 Å². The van der Waals surface area contributed by atoms with Crippen LogP contribution in [0.4, 0.5) is 0 Å². The first kappa shape index (κ1) is 13.8. The maximum atomic E-state index is 12.2. The number of nitrogens with zero attached hydrogens (tertiary/aromatic N) is 2. The summed E-state index contributed by atoms with van der Waals surface area (Å²) in [5.74, 6) is 0.123. The van der Waals surface area contributed by atoms with Crippen LogP contribution in [0.5, 0.6) is 0 Å². The summed E-state index contributed by atoms with van der Waals surface area (Å²) >= 11 is 0. The molecule has 5 heteroatoms. The molecule has 0 bridgehead atoms. The smallest absolute Gasteiger partial charge is 0.242 e. The molecule has 0 radical (unpaired) electrons. The van der Waals surface area contributed by atoms with Crippen molar-refractivity contribution in [3.05, 3.63) is 0 Å². The van der Waals surface area contributed by atoms with Crippen LogP contribution in [-0.4, -0.2) is 64.7 Å². The number of aliphatic hydroxyl groups excluding tert-OH is 1. The number of piperazine rings is 1. The number of amides is 1. The zero-order chi connectivity index (χ0) is 13.3. The predicted octanol–water partition coefficient (Wildman–Crippen LogP) is -0.219. The number of hydrogen-bond donors (Lipinski definition) is 2. The normalized spacial score (nSPS) is 29.1. The average Bonchev–Trinajstić information content (AvgIpc) is 3.07. The van der Waals surface area contributed by atoms with E-state index in [0.717, 1.165) is 38.9 Å². The summed E-state index contributed by atoms with van der Waals surface area (Å²) in [4.78, 5) is 16.4. The van der Waals surface area contributed by atoms with Crippen LogP contribution in [0.15, 0.2) is 0 Å². The third-order valence-electron chi connectivity index (χ3n) is 4.08. The van der Waals surface area contributed by atoms with Crippen LogP contribution >= 0.6 is 0 Å². The molecule has 1 aliphatic heterocycles. The molecular formula is C13H25N3O2. The Morgan fingerprint density at radius 1 is 1.50 bits per heavy atom. The van der Waals surface area contributed by atoms with Crippen LogP contribution < -0.4 is 5.73 Å². The molecule has 0 spiro atoms. The van der Waals surface area contributed by atoms with Gasteiger partial charge in [0.05, 0.1) is 11.6 Å². The van der Waals surface area contributed by atoms with Crippen molar-refractivity contribution in [1.82, 2.24) is 9.80 Å². The highest BCUT2D eigenvalue weighted by Gasteiger charge is 2.49. The molecule has 1 saturated carbocycles. The van der Waals surface area contributed by atoms with Crippen LogP contribution in [0.25, 0.3) is 0 Å². The van der Waals surface area contributed by atoms with Crippen molar-refractivity contribution in [2.24, 2.45) is 5.73 Å². The molecule has 2 aliphatic rings. The highest BCUT2D eigenvalue weighted by Crippen LogP contribution is 2.34. The molecule has 2 fully saturated rings. The van der Waals surface area contributed by atoms with Gasteiger partial charge in [0.15, 0.2) is 0 Å². The monoisotopic (exact) mass is 255 g/mol. The topological polar surface area (TPSA) is 69.8 Å². The molecule has 0 aromatic rings. The molecule has 0 aromatic heterocycles. The maximum Gasteiger partial charge on any atom is 0.242 e. The molecule has 2 atom stereocenters. The van der Waals surface area contributed by atoms with E-state index in [1.165, 1.54) is 0 Å². The summed E-state index contributed by atoms with van der Waals surface area (Å²) in [5.41, 5.74) is 5.43. The van der Waals surface area contributed by atoms with Gasteiger partial charge in [-0.3, -0.25) is 9.69 Å². The molecule has 18 heavy (non-hydrogen) atoms. The molecule has 3 N–H and O–H groups in total. The lowest BCUT2D eigenvalue weighted by molar-refractivity contribution is -0.137. The first-order chi connectivity index (χ1) is 8.46. The Hall–Kier alpha value is -0.650. The highest BCUT2D eigenvalue weighted by molar-refractivity contribution is 5.89. The number of nitrogens with two attached hydrogens (primary N) is 1. The van der Waals surface area contributed by atoms with E-state index in [1.54, 1.807) is 0 Å². The number of rotatable bonds is 4. The number of aliphatic hydroxyl groups is 1. The summed E-state index contributed by atoms with van der Waals surface area (Å²) < 4.78 is 0. The fourth-order valence-corrected chi connectivity index (χ4v) is 2.71. The van der Waals surface area contributed by atoms with Crippen LogP contribution in [0, 0.1) is 0 Å². The van der Waals surface area contributed by atoms with Crippen molar-refractivity contribution >= 4 is 5.91 Å². The van der Waals surface area contributed by atoms with Gasteiger partial charge in [-0.1, -0.05) is 6.92 Å². The van der Waals surface area contributed by atoms with E-state index in [2.05, 4.69) is 11.8 Å². The van der Waals surface area contributed by atoms with Gasteiger partial charge in [-0.05, 0) is 26.2 Å². The molecule has 2 unspecified atom stereocenters. The number of β-amino-alcohol motifs (C(OH)–C–C–N with tert-alkyl or cyclic N) is 1. The quantitative estimate of drug-likeness (QED) is 0.729. The van der Waals surface area contributed by atoms with Gasteiger partial charge in [0.25, 0.3) is 0 Å². The van der Waals surface area contributed by atoms with Crippen LogP contribution in [0.2, 0.25) is 0 Å². The lowest BCUT2D eigenvalue weighted by Gasteiger charge is -2.42. The van der Waals surface area contributed by atoms with Crippen LogP contribution in [-0.2, 0) is 4.79 Å². The molecule has 0 aromatic carbocycles. The maximum absolute atomic E-state index is 12.2. The lowest BCUT2D eigenvalue weighted by atomic mass is 10.1. The largest absolute Gasteiger partial charge is 0.392 e. The predicted molar refractivity (Wildman–Crippen MR) is 70.1 cm³/mol. The van der Waals surface area contributed by atoms with E-state index in [9.17, 15) is 9.90 Å². The first-order valence-corrected chi connectivity index (χ1v) is 6.96. The van der Waals surface area contributed by atoms with Crippen molar-refractivity contribution < 1.29 is 9.90 Å². The Bertz CT molecular complexity index is 315. The van der Waals surface area contributed by atoms with E-state index in [1.807, 2.05) is 11.8 Å². The fraction of sp³-hybridized carbons (Fsp3) is 0.923. The fourth-order valence-electron chi connectivity index (χ4n) is 2.71. The lowest BCUT2D eigenvalue weighted by Crippen LogP contribution is -2.59. The Morgan fingerprint density at radius 2 is 2.17 bits per heavy atom. The third-order valence-corrected chi connectivity index (χ3v) is 4.08. The van der Waals surface area contributed by atoms with Crippen molar-refractivity contribution in [3.8, 4) is 0 Å². The zero-order valence-electron chi connectivity index (χ0n) is 11.4. The second-order valence-electron chi connectivity index (χ2n) is 5.81. The van der Waals surface area contributed by atoms with E-state index >= 15 is 0 Å². The molecule has 1 heterocycles. The minimum atomic E-state index is -0.551. The molecule has 1 saturated heterocycles. The molecule has 5 nitrogen and oxygen atoms in total. The van der Waals surface area contributed by atoms with E-state index in [-0.39, 0.29) is 12.0 Å². The Balaban J connectivity index is 1.93. The first-order valence-electron chi connectivity index (χ1n) is 6.96. The van der Waals surface area contributed by atoms with Crippen LogP contribution in [0.1, 0.15) is 33.1 Å². The number of carbonyl (C=O) groups excluding carboxylic acids is 1. The van der Waals surface area contributed by atoms with Crippen LogP contribution in [0.3, 0.4) is 0 Å².